The van der Waals surface area contributed by atoms with Crippen LogP contribution in [0.3, 0.4) is 0 Å². The molecule has 158 valence electrons. The molecule has 0 aliphatic heterocycles. The second kappa shape index (κ2) is 11.1. The summed E-state index contributed by atoms with van der Waals surface area (Å²) in [6, 6.07) is 9.34. The van der Waals surface area contributed by atoms with Crippen LogP contribution in [-0.4, -0.2) is 17.6 Å². The third-order valence-electron chi connectivity index (χ3n) is 5.12. The van der Waals surface area contributed by atoms with Crippen molar-refractivity contribution in [1.29, 1.82) is 5.26 Å². The molecule has 1 aromatic carbocycles. The van der Waals surface area contributed by atoms with Crippen LogP contribution in [0.5, 0.6) is 5.75 Å². The first-order valence-electron chi connectivity index (χ1n) is 10.5. The van der Waals surface area contributed by atoms with Gasteiger partial charge in [0.05, 0.1) is 12.2 Å². The lowest BCUT2D eigenvalue weighted by Crippen LogP contribution is -2.34. The highest BCUT2D eigenvalue weighted by molar-refractivity contribution is 7.80. The standard InChI is InChI=1S/C23H27N3O2S2/c1-2-3-4-7-14-28-17-12-10-16(11-13-17)21(27)25-23(29)26-22-19(15-24)18-8-5-6-9-20(18)30-22/h10-13H,2-9,14H2,1H3,(H2,25,26,27,29). The smallest absolute Gasteiger partial charge is 0.257 e. The molecule has 1 aliphatic rings. The molecule has 0 bridgehead atoms. The van der Waals surface area contributed by atoms with Crippen molar-refractivity contribution in [2.24, 2.45) is 0 Å². The number of thiocarbonyl (C=S) groups is 1. The number of unbranched alkanes of at least 4 members (excludes halogenated alkanes) is 3. The van der Waals surface area contributed by atoms with E-state index in [9.17, 15) is 10.1 Å². The summed E-state index contributed by atoms with van der Waals surface area (Å²) in [5.74, 6) is 0.466. The van der Waals surface area contributed by atoms with E-state index in [1.807, 2.05) is 0 Å². The Hall–Kier alpha value is -2.43. The second-order valence-electron chi connectivity index (χ2n) is 7.37. The Balaban J connectivity index is 1.53. The molecule has 0 atom stereocenters. The molecular formula is C23H27N3O2S2. The number of benzene rings is 1. The van der Waals surface area contributed by atoms with Crippen LogP contribution in [0.4, 0.5) is 5.00 Å². The number of nitrogens with zero attached hydrogens (tertiary/aromatic N) is 1. The molecule has 0 saturated carbocycles. The number of aryl methyl sites for hydroxylation is 1. The number of carbonyl (C=O) groups is 1. The largest absolute Gasteiger partial charge is 0.494 e. The zero-order valence-electron chi connectivity index (χ0n) is 17.3. The number of hydrogen-bond acceptors (Lipinski definition) is 5. The van der Waals surface area contributed by atoms with Gasteiger partial charge in [-0.25, -0.2) is 0 Å². The Morgan fingerprint density at radius 2 is 1.97 bits per heavy atom. The zero-order chi connectivity index (χ0) is 21.3. The Bertz CT molecular complexity index is 929. The molecular weight excluding hydrogens is 414 g/mol. The molecule has 2 aromatic rings. The molecule has 1 aromatic heterocycles. The molecule has 0 fully saturated rings. The highest BCUT2D eigenvalue weighted by Gasteiger charge is 2.21. The lowest BCUT2D eigenvalue weighted by Gasteiger charge is -2.10. The molecule has 1 amide bonds. The quantitative estimate of drug-likeness (QED) is 0.413. The van der Waals surface area contributed by atoms with Crippen molar-refractivity contribution in [1.82, 2.24) is 5.32 Å². The molecule has 0 radical (unpaired) electrons. The van der Waals surface area contributed by atoms with Gasteiger partial charge in [-0.3, -0.25) is 10.1 Å². The molecule has 2 N–H and O–H groups in total. The first-order chi connectivity index (χ1) is 14.6. The minimum absolute atomic E-state index is 0.200. The molecule has 1 heterocycles. The van der Waals surface area contributed by atoms with E-state index in [1.54, 1.807) is 35.6 Å². The second-order valence-corrected chi connectivity index (χ2v) is 8.88. The normalized spacial score (nSPS) is 12.5. The predicted octanol–water partition coefficient (Wildman–Crippen LogP) is 5.58. The van der Waals surface area contributed by atoms with Gasteiger partial charge in [0.1, 0.15) is 16.8 Å². The van der Waals surface area contributed by atoms with E-state index in [2.05, 4.69) is 23.6 Å². The average molecular weight is 442 g/mol. The van der Waals surface area contributed by atoms with Gasteiger partial charge in [-0.1, -0.05) is 26.2 Å². The van der Waals surface area contributed by atoms with Crippen LogP contribution < -0.4 is 15.4 Å². The van der Waals surface area contributed by atoms with Gasteiger partial charge in [0.25, 0.3) is 5.91 Å². The van der Waals surface area contributed by atoms with E-state index in [0.29, 0.717) is 17.7 Å². The number of amides is 1. The number of thiophene rings is 1. The van der Waals surface area contributed by atoms with Crippen molar-refractivity contribution in [3.63, 3.8) is 0 Å². The van der Waals surface area contributed by atoms with Gasteiger partial charge in [-0.05, 0) is 74.2 Å². The van der Waals surface area contributed by atoms with E-state index >= 15 is 0 Å². The third-order valence-corrected chi connectivity index (χ3v) is 6.53. The summed E-state index contributed by atoms with van der Waals surface area (Å²) in [4.78, 5) is 13.7. The van der Waals surface area contributed by atoms with Gasteiger partial charge in [-0.15, -0.1) is 11.3 Å². The van der Waals surface area contributed by atoms with Gasteiger partial charge in [-0.2, -0.15) is 5.26 Å². The fourth-order valence-electron chi connectivity index (χ4n) is 3.50. The minimum Gasteiger partial charge on any atom is -0.494 e. The van der Waals surface area contributed by atoms with Gasteiger partial charge < -0.3 is 10.1 Å². The van der Waals surface area contributed by atoms with E-state index in [4.69, 9.17) is 17.0 Å². The number of hydrogen-bond donors (Lipinski definition) is 2. The van der Waals surface area contributed by atoms with E-state index < -0.39 is 0 Å². The molecule has 3 rings (SSSR count). The predicted molar refractivity (Wildman–Crippen MR) is 125 cm³/mol. The van der Waals surface area contributed by atoms with E-state index in [1.165, 1.54) is 24.1 Å². The highest BCUT2D eigenvalue weighted by atomic mass is 32.1. The van der Waals surface area contributed by atoms with Gasteiger partial charge >= 0.3 is 0 Å². The maximum atomic E-state index is 12.5. The summed E-state index contributed by atoms with van der Waals surface area (Å²) in [5.41, 5.74) is 2.30. The van der Waals surface area contributed by atoms with Crippen molar-refractivity contribution in [3.05, 3.63) is 45.8 Å². The monoisotopic (exact) mass is 441 g/mol. The summed E-state index contributed by atoms with van der Waals surface area (Å²) in [6.45, 7) is 2.87. The highest BCUT2D eigenvalue weighted by Crippen LogP contribution is 2.37. The van der Waals surface area contributed by atoms with Crippen LogP contribution in [0.2, 0.25) is 0 Å². The lowest BCUT2D eigenvalue weighted by atomic mass is 9.96. The summed E-state index contributed by atoms with van der Waals surface area (Å²) in [7, 11) is 0. The molecule has 30 heavy (non-hydrogen) atoms. The van der Waals surface area contributed by atoms with E-state index in [-0.39, 0.29) is 11.0 Å². The maximum Gasteiger partial charge on any atom is 0.257 e. The Morgan fingerprint density at radius 3 is 2.70 bits per heavy atom. The van der Waals surface area contributed by atoms with Crippen LogP contribution >= 0.6 is 23.6 Å². The lowest BCUT2D eigenvalue weighted by molar-refractivity contribution is 0.0977. The summed E-state index contributed by atoms with van der Waals surface area (Å²) in [6.07, 6.45) is 8.82. The summed E-state index contributed by atoms with van der Waals surface area (Å²) < 4.78 is 5.71. The first kappa shape index (κ1) is 22.3. The van der Waals surface area contributed by atoms with Crippen LogP contribution in [-0.2, 0) is 12.8 Å². The van der Waals surface area contributed by atoms with Gasteiger partial charge in [0.15, 0.2) is 5.11 Å². The van der Waals surface area contributed by atoms with Crippen molar-refractivity contribution >= 4 is 39.6 Å². The van der Waals surface area contributed by atoms with Crippen molar-refractivity contribution in [3.8, 4) is 11.8 Å². The van der Waals surface area contributed by atoms with Crippen molar-refractivity contribution < 1.29 is 9.53 Å². The molecule has 1 aliphatic carbocycles. The zero-order valence-corrected chi connectivity index (χ0v) is 18.9. The fourth-order valence-corrected chi connectivity index (χ4v) is 5.01. The molecule has 0 saturated heterocycles. The Kier molecular flexibility index (Phi) is 8.23. The molecule has 5 nitrogen and oxygen atoms in total. The number of anilines is 1. The van der Waals surface area contributed by atoms with Crippen LogP contribution in [0, 0.1) is 11.3 Å². The van der Waals surface area contributed by atoms with Crippen LogP contribution in [0.1, 0.15) is 71.8 Å². The number of nitriles is 1. The van der Waals surface area contributed by atoms with Gasteiger partial charge in [0, 0.05) is 10.4 Å². The van der Waals surface area contributed by atoms with Crippen molar-refractivity contribution in [2.45, 2.75) is 58.3 Å². The molecule has 0 spiro atoms. The average Bonchev–Trinajstić information content (AvgIpc) is 3.10. The third kappa shape index (κ3) is 5.80. The number of carbonyl (C=O) groups excluding carboxylic acids is 1. The maximum absolute atomic E-state index is 12.5. The fraction of sp³-hybridized carbons (Fsp3) is 0.435. The number of rotatable bonds is 8. The Morgan fingerprint density at radius 1 is 1.20 bits per heavy atom. The van der Waals surface area contributed by atoms with Crippen LogP contribution in [0.25, 0.3) is 0 Å². The molecule has 7 heteroatoms. The first-order valence-corrected chi connectivity index (χ1v) is 11.7. The Labute approximate surface area is 187 Å². The van der Waals surface area contributed by atoms with Crippen LogP contribution in [0.15, 0.2) is 24.3 Å². The molecule has 0 unspecified atom stereocenters. The topological polar surface area (TPSA) is 74.2 Å². The number of nitrogens with one attached hydrogen (secondary N) is 2. The SMILES string of the molecule is CCCCCCOc1ccc(C(=O)NC(=S)Nc2sc3c(c2C#N)CCCC3)cc1. The number of ether oxygens (including phenoxy) is 1. The summed E-state index contributed by atoms with van der Waals surface area (Å²) >= 11 is 6.87. The summed E-state index contributed by atoms with van der Waals surface area (Å²) in [5, 5.41) is 16.2. The van der Waals surface area contributed by atoms with Crippen molar-refractivity contribution in [2.75, 3.05) is 11.9 Å². The minimum atomic E-state index is -0.290. The van der Waals surface area contributed by atoms with Gasteiger partial charge in [0.2, 0.25) is 0 Å². The van der Waals surface area contributed by atoms with E-state index in [0.717, 1.165) is 48.4 Å². The number of fused-ring (bicyclic) bond motifs is 1.